The largest absolute Gasteiger partial charge is 0.339 e. The van der Waals surface area contributed by atoms with Gasteiger partial charge in [0.05, 0.1) is 0 Å². The fourth-order valence-corrected chi connectivity index (χ4v) is 4.34. The number of rotatable bonds is 7. The van der Waals surface area contributed by atoms with Crippen LogP contribution in [-0.2, 0) is 16.0 Å². The third kappa shape index (κ3) is 4.93. The number of ketones is 1. The highest BCUT2D eigenvalue weighted by atomic mass is 16.2. The van der Waals surface area contributed by atoms with E-state index < -0.39 is 0 Å². The van der Waals surface area contributed by atoms with E-state index in [1.807, 2.05) is 66.1 Å². The van der Waals surface area contributed by atoms with Gasteiger partial charge in [0.1, 0.15) is 5.78 Å². The second-order valence-electron chi connectivity index (χ2n) is 9.39. The summed E-state index contributed by atoms with van der Waals surface area (Å²) in [6, 6.07) is 15.7. The Labute approximate surface area is 190 Å². The van der Waals surface area contributed by atoms with Crippen molar-refractivity contribution in [3.63, 3.8) is 0 Å². The lowest BCUT2D eigenvalue weighted by molar-refractivity contribution is -0.137. The average Bonchev–Trinajstić information content (AvgIpc) is 3.57. The van der Waals surface area contributed by atoms with Crippen LogP contribution in [0, 0.1) is 5.41 Å². The van der Waals surface area contributed by atoms with Crippen molar-refractivity contribution in [1.82, 2.24) is 9.80 Å². The van der Waals surface area contributed by atoms with E-state index in [9.17, 15) is 14.4 Å². The molecule has 2 aromatic rings. The molecule has 1 heterocycles. The van der Waals surface area contributed by atoms with Crippen LogP contribution in [0.3, 0.4) is 0 Å². The van der Waals surface area contributed by atoms with Crippen LogP contribution in [0.4, 0.5) is 0 Å². The summed E-state index contributed by atoms with van der Waals surface area (Å²) in [5.74, 6) is 0.520. The van der Waals surface area contributed by atoms with E-state index in [1.54, 1.807) is 0 Å². The van der Waals surface area contributed by atoms with Crippen LogP contribution >= 0.6 is 0 Å². The van der Waals surface area contributed by atoms with Gasteiger partial charge in [0.25, 0.3) is 5.91 Å². The van der Waals surface area contributed by atoms with E-state index in [4.69, 9.17) is 0 Å². The van der Waals surface area contributed by atoms with E-state index in [-0.39, 0.29) is 23.0 Å². The first-order valence-electron chi connectivity index (χ1n) is 11.7. The van der Waals surface area contributed by atoms with Crippen LogP contribution in [-0.4, -0.2) is 53.6 Å². The van der Waals surface area contributed by atoms with Crippen LogP contribution in [0.15, 0.2) is 48.5 Å². The lowest BCUT2D eigenvalue weighted by Crippen LogP contribution is -2.52. The Balaban J connectivity index is 1.37. The molecule has 5 heteroatoms. The van der Waals surface area contributed by atoms with Crippen molar-refractivity contribution in [2.75, 3.05) is 26.2 Å². The van der Waals surface area contributed by atoms with Crippen molar-refractivity contribution in [3.05, 3.63) is 59.7 Å². The number of nitrogens with zero attached hydrogens (tertiary/aromatic N) is 2. The molecule has 2 aromatic carbocycles. The zero-order valence-corrected chi connectivity index (χ0v) is 19.1. The number of carbonyl (C=O) groups excluding carboxylic acids is 3. The topological polar surface area (TPSA) is 57.7 Å². The molecule has 2 amide bonds. The fraction of sp³-hybridized carbons (Fsp3) is 0.444. The monoisotopic (exact) mass is 432 g/mol. The normalized spacial score (nSPS) is 17.2. The maximum Gasteiger partial charge on any atom is 0.253 e. The summed E-state index contributed by atoms with van der Waals surface area (Å²) in [7, 11) is 0. The van der Waals surface area contributed by atoms with Gasteiger partial charge in [-0.1, -0.05) is 50.2 Å². The summed E-state index contributed by atoms with van der Waals surface area (Å²) >= 11 is 0. The van der Waals surface area contributed by atoms with Gasteiger partial charge < -0.3 is 9.80 Å². The number of hydrogen-bond acceptors (Lipinski definition) is 3. The predicted octanol–water partition coefficient (Wildman–Crippen LogP) is 4.35. The highest BCUT2D eigenvalue weighted by molar-refractivity contribution is 5.95. The van der Waals surface area contributed by atoms with Gasteiger partial charge in [0, 0.05) is 50.0 Å². The smallest absolute Gasteiger partial charge is 0.253 e. The molecule has 2 fully saturated rings. The SMILES string of the molecule is CCCC(=O)Cc1cccc(-c2ccc(C(=O)N3CCN(C(=O)C4(C)CC4)CC3)cc2)c1. The molecule has 5 nitrogen and oxygen atoms in total. The lowest BCUT2D eigenvalue weighted by atomic mass is 9.98. The van der Waals surface area contributed by atoms with Gasteiger partial charge in [-0.05, 0) is 48.1 Å². The maximum atomic E-state index is 13.0. The number of Topliss-reactive ketones (excluding diaryl/α,β-unsaturated/α-hetero) is 1. The summed E-state index contributed by atoms with van der Waals surface area (Å²) in [5, 5.41) is 0. The third-order valence-electron chi connectivity index (χ3n) is 6.69. The van der Waals surface area contributed by atoms with Crippen LogP contribution in [0.5, 0.6) is 0 Å². The molecule has 4 rings (SSSR count). The Morgan fingerprint density at radius 3 is 2.16 bits per heavy atom. The molecule has 1 aliphatic heterocycles. The van der Waals surface area contributed by atoms with Crippen molar-refractivity contribution in [3.8, 4) is 11.1 Å². The van der Waals surface area contributed by atoms with Gasteiger partial charge in [0.2, 0.25) is 5.91 Å². The molecule has 0 bridgehead atoms. The highest BCUT2D eigenvalue weighted by Gasteiger charge is 2.47. The van der Waals surface area contributed by atoms with Gasteiger partial charge in [-0.2, -0.15) is 0 Å². The zero-order valence-electron chi connectivity index (χ0n) is 19.1. The van der Waals surface area contributed by atoms with Crippen molar-refractivity contribution >= 4 is 17.6 Å². The van der Waals surface area contributed by atoms with Crippen molar-refractivity contribution in [2.24, 2.45) is 5.41 Å². The molecular formula is C27H32N2O3. The number of amides is 2. The molecular weight excluding hydrogens is 400 g/mol. The molecule has 1 saturated carbocycles. The van der Waals surface area contributed by atoms with Crippen molar-refractivity contribution in [1.29, 1.82) is 0 Å². The number of hydrogen-bond donors (Lipinski definition) is 0. The van der Waals surface area contributed by atoms with E-state index >= 15 is 0 Å². The minimum absolute atomic E-state index is 0.0141. The van der Waals surface area contributed by atoms with E-state index in [0.717, 1.165) is 36.0 Å². The van der Waals surface area contributed by atoms with Gasteiger partial charge in [-0.25, -0.2) is 0 Å². The van der Waals surface area contributed by atoms with Gasteiger partial charge in [-0.3, -0.25) is 14.4 Å². The molecule has 0 atom stereocenters. The molecule has 0 radical (unpaired) electrons. The van der Waals surface area contributed by atoms with Crippen LogP contribution < -0.4 is 0 Å². The Morgan fingerprint density at radius 1 is 0.875 bits per heavy atom. The first kappa shape index (κ1) is 22.3. The summed E-state index contributed by atoms with van der Waals surface area (Å²) in [6.45, 7) is 6.44. The quantitative estimate of drug-likeness (QED) is 0.654. The Kier molecular flexibility index (Phi) is 6.45. The number of carbonyl (C=O) groups is 3. The Morgan fingerprint density at radius 2 is 1.53 bits per heavy atom. The Bertz CT molecular complexity index is 1000. The van der Waals surface area contributed by atoms with E-state index in [1.165, 1.54) is 0 Å². The maximum absolute atomic E-state index is 13.0. The van der Waals surface area contributed by atoms with Gasteiger partial charge in [-0.15, -0.1) is 0 Å². The summed E-state index contributed by atoms with van der Waals surface area (Å²) < 4.78 is 0. The number of benzene rings is 2. The van der Waals surface area contributed by atoms with Crippen LogP contribution in [0.2, 0.25) is 0 Å². The first-order chi connectivity index (χ1) is 15.4. The zero-order chi connectivity index (χ0) is 22.7. The minimum Gasteiger partial charge on any atom is -0.339 e. The van der Waals surface area contributed by atoms with Gasteiger partial charge in [0.15, 0.2) is 0 Å². The summed E-state index contributed by atoms with van der Waals surface area (Å²) in [6.07, 6.45) is 3.91. The molecule has 1 saturated heterocycles. The molecule has 2 aliphatic rings. The van der Waals surface area contributed by atoms with E-state index in [0.29, 0.717) is 44.6 Å². The molecule has 0 unspecified atom stereocenters. The molecule has 168 valence electrons. The van der Waals surface area contributed by atoms with Gasteiger partial charge >= 0.3 is 0 Å². The molecule has 0 N–H and O–H groups in total. The molecule has 0 aromatic heterocycles. The molecule has 0 spiro atoms. The van der Waals surface area contributed by atoms with E-state index in [2.05, 4.69) is 6.07 Å². The minimum atomic E-state index is -0.150. The predicted molar refractivity (Wildman–Crippen MR) is 125 cm³/mol. The van der Waals surface area contributed by atoms with Crippen molar-refractivity contribution < 1.29 is 14.4 Å². The van der Waals surface area contributed by atoms with Crippen LogP contribution in [0.1, 0.15) is 55.5 Å². The molecule has 1 aliphatic carbocycles. The second kappa shape index (κ2) is 9.27. The Hall–Kier alpha value is -2.95. The molecule has 32 heavy (non-hydrogen) atoms. The average molecular weight is 433 g/mol. The summed E-state index contributed by atoms with van der Waals surface area (Å²) in [5.41, 5.74) is 3.61. The number of piperazine rings is 1. The lowest BCUT2D eigenvalue weighted by Gasteiger charge is -2.36. The first-order valence-corrected chi connectivity index (χ1v) is 11.7. The summed E-state index contributed by atoms with van der Waals surface area (Å²) in [4.78, 5) is 41.2. The van der Waals surface area contributed by atoms with Crippen LogP contribution in [0.25, 0.3) is 11.1 Å². The third-order valence-corrected chi connectivity index (χ3v) is 6.69. The van der Waals surface area contributed by atoms with Crippen molar-refractivity contribution in [2.45, 2.75) is 46.0 Å². The standard InChI is InChI=1S/C27H32N2O3/c1-3-5-24(30)19-20-6-4-7-23(18-20)21-8-10-22(11-9-21)25(31)28-14-16-29(17-15-28)26(32)27(2)12-13-27/h4,6-11,18H,3,5,12-17,19H2,1-2H3. The highest BCUT2D eigenvalue weighted by Crippen LogP contribution is 2.46. The second-order valence-corrected chi connectivity index (χ2v) is 9.39. The fourth-order valence-electron chi connectivity index (χ4n) is 4.34.